The summed E-state index contributed by atoms with van der Waals surface area (Å²) in [6.07, 6.45) is 4.83. The van der Waals surface area contributed by atoms with Crippen LogP contribution in [0.25, 0.3) is 11.1 Å². The number of fused-ring (bicyclic) bond motifs is 1. The summed E-state index contributed by atoms with van der Waals surface area (Å²) >= 11 is 0. The molecule has 2 aromatic rings. The fraction of sp³-hybridized carbons (Fsp3) is 0.450. The summed E-state index contributed by atoms with van der Waals surface area (Å²) in [4.78, 5) is 25.1. The molecule has 7 nitrogen and oxygen atoms in total. The van der Waals surface area contributed by atoms with E-state index in [2.05, 4.69) is 5.10 Å². The van der Waals surface area contributed by atoms with Crippen molar-refractivity contribution >= 4 is 17.5 Å². The highest BCUT2D eigenvalue weighted by Gasteiger charge is 2.32. The zero-order valence-electron chi connectivity index (χ0n) is 15.9. The molecular formula is C20H23FN4O3. The highest BCUT2D eigenvalue weighted by atomic mass is 19.1. The van der Waals surface area contributed by atoms with Crippen molar-refractivity contribution < 1.29 is 18.7 Å². The maximum absolute atomic E-state index is 14.2. The van der Waals surface area contributed by atoms with Crippen LogP contribution in [0.4, 0.5) is 10.1 Å². The Hall–Kier alpha value is -2.90. The van der Waals surface area contributed by atoms with E-state index in [1.54, 1.807) is 17.2 Å². The summed E-state index contributed by atoms with van der Waals surface area (Å²) in [5.41, 5.74) is 7.86. The van der Waals surface area contributed by atoms with Crippen molar-refractivity contribution in [2.75, 3.05) is 4.90 Å². The van der Waals surface area contributed by atoms with Crippen LogP contribution in [0.5, 0.6) is 5.75 Å². The lowest BCUT2D eigenvalue weighted by Gasteiger charge is -2.36. The van der Waals surface area contributed by atoms with Crippen molar-refractivity contribution in [1.29, 1.82) is 0 Å². The fourth-order valence-corrected chi connectivity index (χ4v) is 3.82. The van der Waals surface area contributed by atoms with Crippen molar-refractivity contribution in [2.45, 2.75) is 58.0 Å². The van der Waals surface area contributed by atoms with Crippen LogP contribution in [0.2, 0.25) is 0 Å². The Morgan fingerprint density at radius 3 is 2.71 bits per heavy atom. The Balaban J connectivity index is 1.83. The number of carbonyl (C=O) groups is 2. The number of benzene rings is 1. The van der Waals surface area contributed by atoms with Gasteiger partial charge in [0.15, 0.2) is 0 Å². The van der Waals surface area contributed by atoms with Gasteiger partial charge in [0.25, 0.3) is 5.91 Å². The highest BCUT2D eigenvalue weighted by Crippen LogP contribution is 2.44. The van der Waals surface area contributed by atoms with Gasteiger partial charge in [-0.05, 0) is 44.7 Å². The van der Waals surface area contributed by atoms with Crippen LogP contribution in [0.3, 0.4) is 0 Å². The van der Waals surface area contributed by atoms with E-state index in [1.165, 1.54) is 6.92 Å². The fourth-order valence-electron chi connectivity index (χ4n) is 3.82. The Bertz CT molecular complexity index is 938. The van der Waals surface area contributed by atoms with E-state index < -0.39 is 12.3 Å². The van der Waals surface area contributed by atoms with Gasteiger partial charge in [0.2, 0.25) is 5.91 Å². The first-order valence-electron chi connectivity index (χ1n) is 9.47. The predicted molar refractivity (Wildman–Crippen MR) is 102 cm³/mol. The van der Waals surface area contributed by atoms with E-state index in [0.29, 0.717) is 35.7 Å². The van der Waals surface area contributed by atoms with Crippen LogP contribution < -0.4 is 15.4 Å². The molecule has 8 heteroatoms. The van der Waals surface area contributed by atoms with Crippen molar-refractivity contribution in [1.82, 2.24) is 9.78 Å². The molecule has 1 aliphatic carbocycles. The monoisotopic (exact) mass is 386 g/mol. The molecule has 0 bridgehead atoms. The lowest BCUT2D eigenvalue weighted by molar-refractivity contribution is -0.131. The third-order valence-corrected chi connectivity index (χ3v) is 5.37. The van der Waals surface area contributed by atoms with Crippen molar-refractivity contribution in [3.05, 3.63) is 30.1 Å². The first-order chi connectivity index (χ1) is 13.4. The molecule has 2 amide bonds. The van der Waals surface area contributed by atoms with E-state index in [1.807, 2.05) is 23.9 Å². The van der Waals surface area contributed by atoms with E-state index in [-0.39, 0.29) is 17.7 Å². The number of alkyl halides is 1. The molecule has 1 saturated carbocycles. The van der Waals surface area contributed by atoms with Crippen LogP contribution >= 0.6 is 0 Å². The second-order valence-electron chi connectivity index (χ2n) is 7.49. The molecule has 4 rings (SSSR count). The molecule has 1 aliphatic heterocycles. The zero-order valence-corrected chi connectivity index (χ0v) is 15.9. The Morgan fingerprint density at radius 1 is 1.32 bits per heavy atom. The van der Waals surface area contributed by atoms with Gasteiger partial charge in [0.05, 0.1) is 17.9 Å². The number of halogens is 1. The number of amides is 2. The number of nitrogens with zero attached hydrogens (tertiary/aromatic N) is 3. The smallest absolute Gasteiger partial charge is 0.316 e. The number of aromatic nitrogens is 2. The van der Waals surface area contributed by atoms with E-state index >= 15 is 0 Å². The number of rotatable bonds is 5. The molecule has 148 valence electrons. The normalized spacial score (nSPS) is 19.8. The van der Waals surface area contributed by atoms with Gasteiger partial charge >= 0.3 is 6.36 Å². The Kier molecular flexibility index (Phi) is 4.56. The summed E-state index contributed by atoms with van der Waals surface area (Å²) < 4.78 is 21.4. The van der Waals surface area contributed by atoms with Gasteiger partial charge in [-0.3, -0.25) is 14.3 Å². The number of carbonyl (C=O) groups excluding carboxylic acids is 2. The number of hydrogen-bond acceptors (Lipinski definition) is 4. The summed E-state index contributed by atoms with van der Waals surface area (Å²) in [6, 6.07) is 4.06. The highest BCUT2D eigenvalue weighted by molar-refractivity contribution is 5.95. The van der Waals surface area contributed by atoms with E-state index in [9.17, 15) is 14.0 Å². The molecule has 1 fully saturated rings. The molecule has 0 unspecified atom stereocenters. The summed E-state index contributed by atoms with van der Waals surface area (Å²) in [5, 5.41) is 4.39. The lowest BCUT2D eigenvalue weighted by Crippen LogP contribution is -2.41. The number of anilines is 1. The van der Waals surface area contributed by atoms with Gasteiger partial charge in [-0.2, -0.15) is 9.49 Å². The minimum atomic E-state index is -2.27. The van der Waals surface area contributed by atoms with Crippen LogP contribution in [-0.2, 0) is 16.0 Å². The Labute approximate surface area is 162 Å². The molecule has 0 radical (unpaired) electrons. The standard InChI is InChI=1S/C20H23FN4O3/c1-11-3-6-16-17(25(11)12(2)26)8-7-15(18(16)28-19(21)20(22)27)13-9-23-24(10-13)14-4-5-14/h7-11,14,19H,3-6H2,1-2H3,(H2,22,27)/t11-,19+/m0/s1. The molecule has 2 heterocycles. The molecule has 0 spiro atoms. The first-order valence-corrected chi connectivity index (χ1v) is 9.47. The van der Waals surface area contributed by atoms with Gasteiger partial charge in [-0.1, -0.05) is 0 Å². The molecule has 28 heavy (non-hydrogen) atoms. The molecule has 1 aromatic heterocycles. The zero-order chi connectivity index (χ0) is 20.0. The molecule has 2 aliphatic rings. The maximum Gasteiger partial charge on any atom is 0.316 e. The summed E-state index contributed by atoms with van der Waals surface area (Å²) in [6.45, 7) is 3.47. The van der Waals surface area contributed by atoms with Gasteiger partial charge in [-0.15, -0.1) is 0 Å². The largest absolute Gasteiger partial charge is 0.451 e. The summed E-state index contributed by atoms with van der Waals surface area (Å²) in [5.74, 6) is -1.04. The van der Waals surface area contributed by atoms with Crippen molar-refractivity contribution in [2.24, 2.45) is 5.73 Å². The van der Waals surface area contributed by atoms with Crippen molar-refractivity contribution in [3.63, 3.8) is 0 Å². The molecule has 1 aromatic carbocycles. The quantitative estimate of drug-likeness (QED) is 0.855. The number of nitrogens with two attached hydrogens (primary N) is 1. The van der Waals surface area contributed by atoms with Crippen LogP contribution in [-0.4, -0.2) is 34.0 Å². The van der Waals surface area contributed by atoms with Crippen LogP contribution in [0, 0.1) is 0 Å². The van der Waals surface area contributed by atoms with Gasteiger partial charge in [0.1, 0.15) is 5.75 Å². The topological polar surface area (TPSA) is 90.4 Å². The Morgan fingerprint density at radius 2 is 2.07 bits per heavy atom. The van der Waals surface area contributed by atoms with E-state index in [0.717, 1.165) is 18.4 Å². The van der Waals surface area contributed by atoms with Gasteiger partial charge in [-0.25, -0.2) is 0 Å². The molecular weight excluding hydrogens is 363 g/mol. The average Bonchev–Trinajstić information content (AvgIpc) is 3.38. The second-order valence-corrected chi connectivity index (χ2v) is 7.49. The average molecular weight is 386 g/mol. The number of primary amides is 1. The minimum Gasteiger partial charge on any atom is -0.451 e. The van der Waals surface area contributed by atoms with Crippen LogP contribution in [0.1, 0.15) is 44.7 Å². The molecule has 2 atom stereocenters. The number of hydrogen-bond donors (Lipinski definition) is 1. The molecule has 2 N–H and O–H groups in total. The minimum absolute atomic E-state index is 0.0265. The lowest BCUT2D eigenvalue weighted by atomic mass is 9.92. The van der Waals surface area contributed by atoms with Crippen molar-refractivity contribution in [3.8, 4) is 16.9 Å². The predicted octanol–water partition coefficient (Wildman–Crippen LogP) is 2.73. The molecule has 0 saturated heterocycles. The SMILES string of the molecule is CC(=O)N1c2ccc(-c3cnn(C4CC4)c3)c(O[C@@H](F)C(N)=O)c2CC[C@@H]1C. The van der Waals surface area contributed by atoms with Crippen LogP contribution in [0.15, 0.2) is 24.5 Å². The van der Waals surface area contributed by atoms with Gasteiger partial charge in [0, 0.05) is 35.9 Å². The third kappa shape index (κ3) is 3.23. The first kappa shape index (κ1) is 18.5. The van der Waals surface area contributed by atoms with Gasteiger partial charge < -0.3 is 15.4 Å². The second kappa shape index (κ2) is 6.92. The maximum atomic E-state index is 14.2. The number of ether oxygens (including phenoxy) is 1. The third-order valence-electron chi connectivity index (χ3n) is 5.37. The summed E-state index contributed by atoms with van der Waals surface area (Å²) in [7, 11) is 0. The van der Waals surface area contributed by atoms with E-state index in [4.69, 9.17) is 10.5 Å².